The largest absolute Gasteiger partial charge is 0.743 e. The fraction of sp³-hybridized carbons (Fsp3) is 0.667. The number of hydrogen-bond donors (Lipinski definition) is 0. The molecule has 0 radical (unpaired) electrons. The molecule has 1 heterocycles. The molecule has 0 fully saturated rings. The van der Waals surface area contributed by atoms with Gasteiger partial charge in [0.1, 0.15) is 0 Å². The van der Waals surface area contributed by atoms with Gasteiger partial charge in [0, 0.05) is 25.0 Å². The first-order valence-corrected chi connectivity index (χ1v) is 9.30. The third-order valence-electron chi connectivity index (χ3n) is 3.30. The molecule has 158 valence electrons. The predicted molar refractivity (Wildman–Crippen MR) is 81.0 cm³/mol. The van der Waals surface area contributed by atoms with Gasteiger partial charge in [-0.25, -0.2) is 13.4 Å². The molecule has 12 heteroatoms. The summed E-state index contributed by atoms with van der Waals surface area (Å²) in [5.74, 6) is -5.00. The standard InChI is InChI=1S/C10H15F7O3S.C5H5N/c11-8(12,10(16,17)21(18,19)20)6-4-2-1-3-5-7-9(13,14)15;1-2-4-6-5-3-1/h1-7H2,(H,18,19,20);1-5H. The SMILES string of the molecule is O=S(=O)([O-])C(F)(F)C(F)(F)CCCCCCCC(F)(F)F.c1cc[nH+]cc1. The Bertz CT molecular complexity index is 595. The minimum Gasteiger partial charge on any atom is -0.743 e. The van der Waals surface area contributed by atoms with E-state index < -0.39 is 46.7 Å². The number of halogens is 7. The van der Waals surface area contributed by atoms with Crippen LogP contribution in [0.3, 0.4) is 0 Å². The van der Waals surface area contributed by atoms with Crippen molar-refractivity contribution < 1.29 is 48.7 Å². The minimum absolute atomic E-state index is 0.0670. The Hall–Kier alpha value is -1.43. The Kier molecular flexibility index (Phi) is 10.2. The first kappa shape index (κ1) is 25.6. The Balaban J connectivity index is 0.000000941. The minimum atomic E-state index is -6.49. The molecule has 1 rings (SSSR count). The predicted octanol–water partition coefficient (Wildman–Crippen LogP) is 4.55. The summed E-state index contributed by atoms with van der Waals surface area (Å²) in [6, 6.07) is 5.86. The van der Waals surface area contributed by atoms with Gasteiger partial charge in [0.05, 0.1) is 0 Å². The molecular weight excluding hydrogens is 407 g/mol. The van der Waals surface area contributed by atoms with Crippen molar-refractivity contribution in [1.82, 2.24) is 0 Å². The van der Waals surface area contributed by atoms with Crippen LogP contribution in [0.25, 0.3) is 0 Å². The summed E-state index contributed by atoms with van der Waals surface area (Å²) >= 11 is 0. The van der Waals surface area contributed by atoms with E-state index in [0.717, 1.165) is 0 Å². The van der Waals surface area contributed by atoms with Crippen LogP contribution in [0.2, 0.25) is 0 Å². The van der Waals surface area contributed by atoms with E-state index in [-0.39, 0.29) is 25.7 Å². The maximum absolute atomic E-state index is 13.0. The lowest BCUT2D eigenvalue weighted by atomic mass is 10.1. The molecule has 0 saturated heterocycles. The quantitative estimate of drug-likeness (QED) is 0.330. The van der Waals surface area contributed by atoms with Crippen LogP contribution in [0.1, 0.15) is 44.9 Å². The van der Waals surface area contributed by atoms with Crippen LogP contribution in [0.15, 0.2) is 30.6 Å². The number of aromatic nitrogens is 1. The summed E-state index contributed by atoms with van der Waals surface area (Å²) in [5, 5.41) is -5.70. The van der Waals surface area contributed by atoms with Gasteiger partial charge >= 0.3 is 17.4 Å². The van der Waals surface area contributed by atoms with E-state index in [9.17, 15) is 43.7 Å². The number of rotatable bonds is 9. The van der Waals surface area contributed by atoms with Crippen LogP contribution in [-0.4, -0.2) is 30.3 Å². The molecule has 0 aliphatic carbocycles. The summed E-state index contributed by atoms with van der Waals surface area (Å²) in [6.45, 7) is 0. The Morgan fingerprint density at radius 1 is 0.741 bits per heavy atom. The summed E-state index contributed by atoms with van der Waals surface area (Å²) in [7, 11) is -6.49. The average molecular weight is 427 g/mol. The van der Waals surface area contributed by atoms with E-state index in [1.807, 2.05) is 30.6 Å². The summed E-state index contributed by atoms with van der Waals surface area (Å²) in [6.07, 6.45) is -3.70. The van der Waals surface area contributed by atoms with Crippen molar-refractivity contribution in [2.45, 2.75) is 62.3 Å². The second-order valence-electron chi connectivity index (χ2n) is 5.64. The molecule has 1 aromatic rings. The van der Waals surface area contributed by atoms with Crippen molar-refractivity contribution in [3.8, 4) is 0 Å². The van der Waals surface area contributed by atoms with E-state index in [1.54, 1.807) is 0 Å². The molecule has 27 heavy (non-hydrogen) atoms. The smallest absolute Gasteiger partial charge is 0.396 e. The summed E-state index contributed by atoms with van der Waals surface area (Å²) < 4.78 is 117. The van der Waals surface area contributed by atoms with Crippen molar-refractivity contribution >= 4 is 10.1 Å². The number of hydrogen-bond acceptors (Lipinski definition) is 3. The highest BCUT2D eigenvalue weighted by molar-refractivity contribution is 7.86. The molecule has 4 nitrogen and oxygen atoms in total. The Labute approximate surface area is 152 Å². The van der Waals surface area contributed by atoms with Crippen molar-refractivity contribution in [1.29, 1.82) is 0 Å². The van der Waals surface area contributed by atoms with Gasteiger partial charge in [-0.2, -0.15) is 30.7 Å². The molecule has 0 aromatic carbocycles. The molecule has 0 saturated carbocycles. The molecule has 0 bridgehead atoms. The van der Waals surface area contributed by atoms with Crippen molar-refractivity contribution in [2.75, 3.05) is 0 Å². The van der Waals surface area contributed by atoms with Crippen molar-refractivity contribution in [3.05, 3.63) is 30.6 Å². The van der Waals surface area contributed by atoms with Gasteiger partial charge in [-0.1, -0.05) is 25.3 Å². The highest BCUT2D eigenvalue weighted by Gasteiger charge is 2.60. The lowest BCUT2D eigenvalue weighted by molar-refractivity contribution is -0.377. The zero-order valence-corrected chi connectivity index (χ0v) is 14.9. The molecule has 1 aromatic heterocycles. The first-order valence-electron chi connectivity index (χ1n) is 7.89. The molecule has 0 unspecified atom stereocenters. The van der Waals surface area contributed by atoms with Gasteiger partial charge in [-0.05, 0) is 12.8 Å². The maximum Gasteiger partial charge on any atom is 0.396 e. The van der Waals surface area contributed by atoms with Gasteiger partial charge in [0.15, 0.2) is 22.5 Å². The number of pyridine rings is 1. The monoisotopic (exact) mass is 427 g/mol. The van der Waals surface area contributed by atoms with Crippen molar-refractivity contribution in [2.24, 2.45) is 0 Å². The molecule has 0 amide bonds. The lowest BCUT2D eigenvalue weighted by Gasteiger charge is -2.28. The highest BCUT2D eigenvalue weighted by atomic mass is 32.2. The second kappa shape index (κ2) is 10.8. The number of nitrogens with one attached hydrogen (secondary N) is 1. The van der Waals surface area contributed by atoms with Gasteiger partial charge in [-0.15, -0.1) is 0 Å². The summed E-state index contributed by atoms with van der Waals surface area (Å²) in [5.41, 5.74) is 0. The molecule has 1 N–H and O–H groups in total. The van der Waals surface area contributed by atoms with Crippen LogP contribution in [0.5, 0.6) is 0 Å². The van der Waals surface area contributed by atoms with Gasteiger partial charge < -0.3 is 4.55 Å². The molecule has 0 spiro atoms. The van der Waals surface area contributed by atoms with Gasteiger partial charge in [0.2, 0.25) is 0 Å². The van der Waals surface area contributed by atoms with Crippen LogP contribution in [-0.2, 0) is 10.1 Å². The molecule has 0 aliphatic rings. The van der Waals surface area contributed by atoms with Crippen LogP contribution in [0, 0.1) is 0 Å². The number of aromatic amines is 1. The van der Waals surface area contributed by atoms with Crippen molar-refractivity contribution in [3.63, 3.8) is 0 Å². The highest BCUT2D eigenvalue weighted by Crippen LogP contribution is 2.41. The average Bonchev–Trinajstić information content (AvgIpc) is 2.54. The zero-order valence-electron chi connectivity index (χ0n) is 14.1. The van der Waals surface area contributed by atoms with E-state index in [1.165, 1.54) is 0 Å². The number of alkyl halides is 7. The maximum atomic E-state index is 13.0. The summed E-state index contributed by atoms with van der Waals surface area (Å²) in [4.78, 5) is 2.89. The lowest BCUT2D eigenvalue weighted by Crippen LogP contribution is -2.46. The zero-order chi connectivity index (χ0) is 21.2. The number of H-pyrrole nitrogens is 1. The normalized spacial score (nSPS) is 13.0. The molecule has 0 atom stereocenters. The van der Waals surface area contributed by atoms with Crippen LogP contribution in [0.4, 0.5) is 30.7 Å². The third-order valence-corrected chi connectivity index (χ3v) is 4.22. The fourth-order valence-electron chi connectivity index (χ4n) is 1.87. The first-order chi connectivity index (χ1) is 12.2. The third kappa shape index (κ3) is 10.5. The molecule has 0 aliphatic heterocycles. The van der Waals surface area contributed by atoms with E-state index >= 15 is 0 Å². The van der Waals surface area contributed by atoms with Crippen LogP contribution < -0.4 is 4.98 Å². The van der Waals surface area contributed by atoms with E-state index in [0.29, 0.717) is 0 Å². The van der Waals surface area contributed by atoms with E-state index in [4.69, 9.17) is 0 Å². The van der Waals surface area contributed by atoms with Gasteiger partial charge in [0.25, 0.3) is 0 Å². The fourth-order valence-corrected chi connectivity index (χ4v) is 2.34. The van der Waals surface area contributed by atoms with E-state index in [2.05, 4.69) is 4.98 Å². The topological polar surface area (TPSA) is 71.3 Å². The second-order valence-corrected chi connectivity index (χ2v) is 7.06. The van der Waals surface area contributed by atoms with Crippen LogP contribution >= 0.6 is 0 Å². The Morgan fingerprint density at radius 2 is 1.19 bits per heavy atom. The Morgan fingerprint density at radius 3 is 1.52 bits per heavy atom. The molecular formula is C15H20F7NO3S. The van der Waals surface area contributed by atoms with Gasteiger partial charge in [-0.3, -0.25) is 0 Å². The number of unbranched alkanes of at least 4 members (excludes halogenated alkanes) is 4.